The van der Waals surface area contributed by atoms with Gasteiger partial charge in [0.15, 0.2) is 5.76 Å². The lowest BCUT2D eigenvalue weighted by Crippen LogP contribution is -2.11. The van der Waals surface area contributed by atoms with Crippen LogP contribution in [0.25, 0.3) is 11.3 Å². The van der Waals surface area contributed by atoms with Gasteiger partial charge >= 0.3 is 0 Å². The van der Waals surface area contributed by atoms with Gasteiger partial charge in [0.25, 0.3) is 0 Å². The maximum absolute atomic E-state index is 5.73. The number of ether oxygens (including phenoxy) is 1. The Labute approximate surface area is 118 Å². The van der Waals surface area contributed by atoms with Crippen molar-refractivity contribution in [1.82, 2.24) is 15.5 Å². The van der Waals surface area contributed by atoms with E-state index in [1.807, 2.05) is 32.0 Å². The molecule has 0 saturated carbocycles. The van der Waals surface area contributed by atoms with E-state index < -0.39 is 0 Å². The average molecular weight is 273 g/mol. The van der Waals surface area contributed by atoms with Gasteiger partial charge in [0.05, 0.1) is 17.7 Å². The molecule has 106 valence electrons. The maximum atomic E-state index is 5.73. The van der Waals surface area contributed by atoms with Crippen molar-refractivity contribution in [3.8, 4) is 17.1 Å². The Morgan fingerprint density at radius 3 is 3.10 bits per heavy atom. The number of nitrogens with one attached hydrogen (secondary N) is 1. The first-order chi connectivity index (χ1) is 9.74. The topological polar surface area (TPSA) is 60.2 Å². The monoisotopic (exact) mass is 273 g/mol. The zero-order valence-corrected chi connectivity index (χ0v) is 11.8. The Hall–Kier alpha value is -1.88. The summed E-state index contributed by atoms with van der Waals surface area (Å²) in [6.45, 7) is 5.00. The van der Waals surface area contributed by atoms with Gasteiger partial charge in [-0.05, 0) is 45.4 Å². The van der Waals surface area contributed by atoms with Crippen LogP contribution >= 0.6 is 0 Å². The molecule has 3 heterocycles. The van der Waals surface area contributed by atoms with Gasteiger partial charge in [-0.3, -0.25) is 0 Å². The molecule has 5 heteroatoms. The third-order valence-corrected chi connectivity index (χ3v) is 3.33. The Kier molecular flexibility index (Phi) is 3.69. The molecule has 20 heavy (non-hydrogen) atoms. The number of rotatable bonds is 4. The van der Waals surface area contributed by atoms with E-state index in [-0.39, 0.29) is 12.1 Å². The van der Waals surface area contributed by atoms with E-state index in [4.69, 9.17) is 9.26 Å². The van der Waals surface area contributed by atoms with Gasteiger partial charge < -0.3 is 14.6 Å². The highest BCUT2D eigenvalue weighted by Crippen LogP contribution is 2.31. The molecule has 3 rings (SSSR count). The summed E-state index contributed by atoms with van der Waals surface area (Å²) >= 11 is 0. The lowest BCUT2D eigenvalue weighted by atomic mass is 10.1. The Bertz CT molecular complexity index is 574. The minimum atomic E-state index is 0.0755. The average Bonchev–Trinajstić information content (AvgIpc) is 3.10. The van der Waals surface area contributed by atoms with Crippen LogP contribution in [0.5, 0.6) is 5.88 Å². The molecule has 0 unspecified atom stereocenters. The van der Waals surface area contributed by atoms with Crippen LogP contribution < -0.4 is 10.1 Å². The van der Waals surface area contributed by atoms with Crippen molar-refractivity contribution in [2.75, 3.05) is 6.54 Å². The first-order valence-corrected chi connectivity index (χ1v) is 7.06. The van der Waals surface area contributed by atoms with E-state index in [0.29, 0.717) is 5.88 Å². The summed E-state index contributed by atoms with van der Waals surface area (Å²) in [4.78, 5) is 4.28. The molecule has 1 aliphatic heterocycles. The van der Waals surface area contributed by atoms with E-state index >= 15 is 0 Å². The fourth-order valence-electron chi connectivity index (χ4n) is 2.41. The van der Waals surface area contributed by atoms with Crippen LogP contribution in [0.3, 0.4) is 0 Å². The molecule has 2 aromatic heterocycles. The minimum Gasteiger partial charge on any atom is -0.474 e. The normalized spacial score (nSPS) is 18.6. The molecule has 0 bridgehead atoms. The van der Waals surface area contributed by atoms with Crippen LogP contribution in [-0.2, 0) is 0 Å². The van der Waals surface area contributed by atoms with Crippen molar-refractivity contribution >= 4 is 0 Å². The third-order valence-electron chi connectivity index (χ3n) is 3.33. The number of pyridine rings is 1. The van der Waals surface area contributed by atoms with Crippen molar-refractivity contribution < 1.29 is 9.26 Å². The highest BCUT2D eigenvalue weighted by molar-refractivity contribution is 5.64. The molecule has 5 nitrogen and oxygen atoms in total. The largest absolute Gasteiger partial charge is 0.474 e. The van der Waals surface area contributed by atoms with Gasteiger partial charge in [-0.2, -0.15) is 0 Å². The Morgan fingerprint density at radius 2 is 2.35 bits per heavy atom. The number of hydrogen-bond acceptors (Lipinski definition) is 5. The van der Waals surface area contributed by atoms with Gasteiger partial charge in [-0.25, -0.2) is 4.98 Å². The smallest absolute Gasteiger partial charge is 0.223 e. The van der Waals surface area contributed by atoms with Crippen LogP contribution in [0, 0.1) is 0 Å². The molecule has 0 aromatic carbocycles. The van der Waals surface area contributed by atoms with E-state index in [9.17, 15) is 0 Å². The molecule has 1 N–H and O–H groups in total. The highest BCUT2D eigenvalue weighted by Gasteiger charge is 2.22. The van der Waals surface area contributed by atoms with E-state index in [1.54, 1.807) is 6.20 Å². The first kappa shape index (κ1) is 13.1. The van der Waals surface area contributed by atoms with Gasteiger partial charge in [0, 0.05) is 12.3 Å². The van der Waals surface area contributed by atoms with Crippen LogP contribution in [0.15, 0.2) is 28.9 Å². The highest BCUT2D eigenvalue weighted by atomic mass is 16.5. The van der Waals surface area contributed by atoms with E-state index in [2.05, 4.69) is 15.5 Å². The van der Waals surface area contributed by atoms with E-state index in [0.717, 1.165) is 30.0 Å². The summed E-state index contributed by atoms with van der Waals surface area (Å²) in [7, 11) is 0. The van der Waals surface area contributed by atoms with Crippen molar-refractivity contribution in [3.63, 3.8) is 0 Å². The molecule has 0 radical (unpaired) electrons. The maximum Gasteiger partial charge on any atom is 0.223 e. The van der Waals surface area contributed by atoms with Gasteiger partial charge in [0.1, 0.15) is 5.69 Å². The second-order valence-corrected chi connectivity index (χ2v) is 5.29. The Balaban J connectivity index is 1.89. The predicted octanol–water partition coefficient (Wildman–Crippen LogP) is 2.95. The molecule has 1 fully saturated rings. The summed E-state index contributed by atoms with van der Waals surface area (Å²) < 4.78 is 11.2. The summed E-state index contributed by atoms with van der Waals surface area (Å²) in [6.07, 6.45) is 4.07. The van der Waals surface area contributed by atoms with Crippen LogP contribution in [0.4, 0.5) is 0 Å². The van der Waals surface area contributed by atoms with Crippen molar-refractivity contribution in [3.05, 3.63) is 30.2 Å². The van der Waals surface area contributed by atoms with E-state index in [1.165, 1.54) is 6.42 Å². The summed E-state index contributed by atoms with van der Waals surface area (Å²) in [6, 6.07) is 6.09. The molecule has 1 atom stereocenters. The predicted molar refractivity (Wildman–Crippen MR) is 75.5 cm³/mol. The first-order valence-electron chi connectivity index (χ1n) is 7.06. The fraction of sp³-hybridized carbons (Fsp3) is 0.467. The summed E-state index contributed by atoms with van der Waals surface area (Å²) in [5.74, 6) is 1.48. The molecule has 1 saturated heterocycles. The van der Waals surface area contributed by atoms with Crippen LogP contribution in [-0.4, -0.2) is 22.8 Å². The van der Waals surface area contributed by atoms with Gasteiger partial charge in [-0.1, -0.05) is 5.16 Å². The number of nitrogens with zero attached hydrogens (tertiary/aromatic N) is 2. The Morgan fingerprint density at radius 1 is 1.45 bits per heavy atom. The fourth-order valence-corrected chi connectivity index (χ4v) is 2.41. The summed E-state index contributed by atoms with van der Waals surface area (Å²) in [5, 5.41) is 7.57. The second-order valence-electron chi connectivity index (χ2n) is 5.29. The second kappa shape index (κ2) is 5.63. The lowest BCUT2D eigenvalue weighted by Gasteiger charge is -2.10. The molecular weight excluding hydrogens is 254 g/mol. The van der Waals surface area contributed by atoms with Crippen LogP contribution in [0.1, 0.15) is 38.5 Å². The van der Waals surface area contributed by atoms with Crippen molar-refractivity contribution in [1.29, 1.82) is 0 Å². The van der Waals surface area contributed by atoms with Crippen molar-refractivity contribution in [2.24, 2.45) is 0 Å². The molecule has 0 aliphatic carbocycles. The minimum absolute atomic E-state index is 0.0755. The molecule has 1 aliphatic rings. The molecular formula is C15H19N3O2. The zero-order chi connectivity index (χ0) is 13.9. The molecule has 2 aromatic rings. The zero-order valence-electron chi connectivity index (χ0n) is 11.8. The van der Waals surface area contributed by atoms with Crippen molar-refractivity contribution in [2.45, 2.75) is 38.8 Å². The number of hydrogen-bond donors (Lipinski definition) is 1. The molecule has 0 amide bonds. The lowest BCUT2D eigenvalue weighted by molar-refractivity contribution is 0.233. The SMILES string of the molecule is CC(C)Oc1ncccc1-c1cc([C@@H]2CCCN2)on1. The number of aromatic nitrogens is 2. The van der Waals surface area contributed by atoms with Gasteiger partial charge in [0.2, 0.25) is 5.88 Å². The standard InChI is InChI=1S/C15H19N3O2/c1-10(2)19-15-11(5-3-8-17-15)13-9-14(20-18-13)12-6-4-7-16-12/h3,5,8-10,12,16H,4,6-7H2,1-2H3/t12-/m0/s1. The summed E-state index contributed by atoms with van der Waals surface area (Å²) in [5.41, 5.74) is 1.65. The quantitative estimate of drug-likeness (QED) is 0.928. The van der Waals surface area contributed by atoms with Gasteiger partial charge in [-0.15, -0.1) is 0 Å². The molecule has 0 spiro atoms. The van der Waals surface area contributed by atoms with Crippen LogP contribution in [0.2, 0.25) is 0 Å². The third kappa shape index (κ3) is 2.67.